The lowest BCUT2D eigenvalue weighted by Crippen LogP contribution is -2.22. The molecule has 0 aromatic heterocycles. The van der Waals surface area contributed by atoms with Crippen LogP contribution < -0.4 is 26.3 Å². The number of rotatable bonds is 8. The molecule has 6 aromatic rings. The van der Waals surface area contributed by atoms with Crippen LogP contribution in [0.4, 0.5) is 11.4 Å². The molecule has 0 bridgehead atoms. The molecule has 41 heavy (non-hydrogen) atoms. The van der Waals surface area contributed by atoms with Gasteiger partial charge < -0.3 is 5.09 Å². The van der Waals surface area contributed by atoms with Crippen LogP contribution in [0.1, 0.15) is 0 Å². The van der Waals surface area contributed by atoms with Crippen molar-refractivity contribution in [2.45, 2.75) is 0 Å². The average Bonchev–Trinajstić information content (AvgIpc) is 3.06. The first-order valence-corrected chi connectivity index (χ1v) is 19.5. The van der Waals surface area contributed by atoms with Crippen molar-refractivity contribution in [2.24, 2.45) is 4.74 Å². The number of nitrogens with one attached hydrogen (secondary N) is 1. The number of anilines is 1. The SMILES string of the molecule is c1ccc(N=P(P=P(Nc2ccccc2)(c2ccccc2)c2ccccc2)(c2ccccc2)c2ccccc2)cc1. The van der Waals surface area contributed by atoms with Gasteiger partial charge in [0.15, 0.2) is 0 Å². The summed E-state index contributed by atoms with van der Waals surface area (Å²) in [5, 5.41) is 9.31. The Labute approximate surface area is 244 Å². The Morgan fingerprint density at radius 1 is 0.390 bits per heavy atom. The van der Waals surface area contributed by atoms with E-state index in [0.717, 1.165) is 11.4 Å². The van der Waals surface area contributed by atoms with Crippen molar-refractivity contribution in [1.82, 2.24) is 0 Å². The third-order valence-electron chi connectivity index (χ3n) is 6.84. The Bertz CT molecular complexity index is 1710. The first kappa shape index (κ1) is 27.3. The van der Waals surface area contributed by atoms with Gasteiger partial charge in [-0.2, -0.15) is 0 Å². The third kappa shape index (κ3) is 5.93. The molecule has 6 rings (SSSR count). The summed E-state index contributed by atoms with van der Waals surface area (Å²) in [4.78, 5) is 0. The molecule has 0 unspecified atom stereocenters. The van der Waals surface area contributed by atoms with E-state index in [1.165, 1.54) is 28.8 Å². The lowest BCUT2D eigenvalue weighted by Gasteiger charge is -2.33. The lowest BCUT2D eigenvalue weighted by atomic mass is 10.3. The molecule has 0 amide bonds. The largest absolute Gasteiger partial charge is 0.355 e. The molecule has 1 N–H and O–H groups in total. The van der Waals surface area contributed by atoms with Crippen LogP contribution in [0, 0.1) is 0 Å². The molecule has 0 fully saturated rings. The topological polar surface area (TPSA) is 24.4 Å². The lowest BCUT2D eigenvalue weighted by molar-refractivity contribution is 1.56. The molecule has 2 nitrogen and oxygen atoms in total. The van der Waals surface area contributed by atoms with E-state index in [0.29, 0.717) is 0 Å². The van der Waals surface area contributed by atoms with Gasteiger partial charge in [0, 0.05) is 26.9 Å². The van der Waals surface area contributed by atoms with Gasteiger partial charge in [-0.15, -0.1) is 0 Å². The quantitative estimate of drug-likeness (QED) is 0.177. The number of hydrogen-bond acceptors (Lipinski definition) is 1. The molecule has 6 aromatic carbocycles. The van der Waals surface area contributed by atoms with E-state index in [4.69, 9.17) is 4.74 Å². The molecule has 5 heteroatoms. The molecule has 0 heterocycles. The second-order valence-corrected chi connectivity index (χ2v) is 20.4. The number of benzene rings is 6. The zero-order valence-corrected chi connectivity index (χ0v) is 25.3. The highest BCUT2D eigenvalue weighted by molar-refractivity contribution is 8.49. The zero-order valence-electron chi connectivity index (χ0n) is 22.6. The van der Waals surface area contributed by atoms with Crippen molar-refractivity contribution in [2.75, 3.05) is 5.09 Å². The van der Waals surface area contributed by atoms with Gasteiger partial charge in [-0.1, -0.05) is 158 Å². The van der Waals surface area contributed by atoms with Crippen LogP contribution in [0.2, 0.25) is 0 Å². The van der Waals surface area contributed by atoms with Gasteiger partial charge in [0.25, 0.3) is 0 Å². The van der Waals surface area contributed by atoms with Crippen molar-refractivity contribution in [1.29, 1.82) is 0 Å². The molecule has 0 radical (unpaired) electrons. The minimum Gasteiger partial charge on any atom is -0.355 e. The van der Waals surface area contributed by atoms with Crippen molar-refractivity contribution in [3.05, 3.63) is 182 Å². The fourth-order valence-electron chi connectivity index (χ4n) is 4.91. The number of nitrogens with zero attached hydrogens (tertiary/aromatic N) is 1. The molecule has 200 valence electrons. The van der Waals surface area contributed by atoms with E-state index in [2.05, 4.69) is 187 Å². The van der Waals surface area contributed by atoms with E-state index in [-0.39, 0.29) is 0 Å². The van der Waals surface area contributed by atoms with Crippen LogP contribution in [-0.4, -0.2) is 0 Å². The van der Waals surface area contributed by atoms with Crippen molar-refractivity contribution in [3.8, 4) is 0 Å². The summed E-state index contributed by atoms with van der Waals surface area (Å²) in [5.74, 6) is 0. The second-order valence-electron chi connectivity index (χ2n) is 9.58. The van der Waals surface area contributed by atoms with E-state index in [1.54, 1.807) is 0 Å². The van der Waals surface area contributed by atoms with E-state index >= 15 is 0 Å². The monoisotopic (exact) mass is 584 g/mol. The predicted octanol–water partition coefficient (Wildman–Crippen LogP) is 9.64. The third-order valence-corrected chi connectivity index (χ3v) is 22.3. The first-order chi connectivity index (χ1) is 20.3. The van der Waals surface area contributed by atoms with Gasteiger partial charge in [0.1, 0.15) is 0 Å². The van der Waals surface area contributed by atoms with Gasteiger partial charge in [-0.3, -0.25) is 0 Å². The van der Waals surface area contributed by atoms with E-state index < -0.39 is 13.4 Å². The molecule has 0 atom stereocenters. The van der Waals surface area contributed by atoms with Gasteiger partial charge in [0.05, 0.1) is 19.1 Å². The maximum absolute atomic E-state index is 5.79. The van der Waals surface area contributed by atoms with Crippen LogP contribution >= 0.6 is 21.0 Å². The summed E-state index contributed by atoms with van der Waals surface area (Å²) in [6, 6.07) is 65.0. The fraction of sp³-hybridized carbons (Fsp3) is 0. The van der Waals surface area contributed by atoms with Gasteiger partial charge in [0.2, 0.25) is 0 Å². The summed E-state index contributed by atoms with van der Waals surface area (Å²) in [5.41, 5.74) is 2.11. The Hall–Kier alpha value is -3.92. The van der Waals surface area contributed by atoms with Crippen LogP contribution in [0.25, 0.3) is 0 Å². The van der Waals surface area contributed by atoms with Crippen LogP contribution in [0.15, 0.2) is 187 Å². The highest BCUT2D eigenvalue weighted by Crippen LogP contribution is 2.73. The van der Waals surface area contributed by atoms with E-state index in [9.17, 15) is 0 Å². The Morgan fingerprint density at radius 3 is 1.15 bits per heavy atom. The summed E-state index contributed by atoms with van der Waals surface area (Å²) in [6.07, 6.45) is 0. The summed E-state index contributed by atoms with van der Waals surface area (Å²) >= 11 is 0. The van der Waals surface area contributed by atoms with Crippen LogP contribution in [0.3, 0.4) is 0 Å². The normalized spacial score (nSPS) is 11.6. The molecule has 0 saturated carbocycles. The maximum atomic E-state index is 5.79. The first-order valence-electron chi connectivity index (χ1n) is 13.7. The van der Waals surface area contributed by atoms with E-state index in [1.807, 2.05) is 0 Å². The molecule has 0 spiro atoms. The molecule has 0 aliphatic rings. The Morgan fingerprint density at radius 2 is 0.732 bits per heavy atom. The summed E-state index contributed by atoms with van der Waals surface area (Å²) in [6.45, 7) is -4.76. The average molecular weight is 585 g/mol. The predicted molar refractivity (Wildman–Crippen MR) is 184 cm³/mol. The van der Waals surface area contributed by atoms with Crippen LogP contribution in [0.5, 0.6) is 0 Å². The molecular formula is C36H31N2P3. The molecular weight excluding hydrogens is 553 g/mol. The van der Waals surface area contributed by atoms with Crippen molar-refractivity contribution < 1.29 is 0 Å². The van der Waals surface area contributed by atoms with Gasteiger partial charge in [-0.05, 0) is 31.8 Å². The standard InChI is InChI=1S/C36H31N2P3/c1-7-19-31(20-8-1)37-40(33-23-11-3-12-24-33,34-25-13-4-14-26-34)39-41(35-27-15-5-16-28-35,36-29-17-6-18-30-36)38-32-21-9-2-10-22-32/h1-30,37H. The van der Waals surface area contributed by atoms with Gasteiger partial charge in [-0.25, -0.2) is 4.74 Å². The molecule has 0 aliphatic carbocycles. The minimum atomic E-state index is -2.43. The zero-order chi connectivity index (χ0) is 27.8. The van der Waals surface area contributed by atoms with Crippen LogP contribution in [-0.2, 0) is 0 Å². The highest BCUT2D eigenvalue weighted by atomic mass is 32.3. The molecule has 0 saturated heterocycles. The number of hydrogen-bond donors (Lipinski definition) is 1. The fourth-order valence-corrected chi connectivity index (χ4v) is 23.1. The minimum absolute atomic E-state index is 1.000. The van der Waals surface area contributed by atoms with Crippen molar-refractivity contribution in [3.63, 3.8) is 0 Å². The smallest absolute Gasteiger partial charge is 0.0812 e. The summed E-state index contributed by atoms with van der Waals surface area (Å²) in [7, 11) is 1.25. The Balaban J connectivity index is 1.83. The number of para-hydroxylation sites is 1. The second kappa shape index (κ2) is 12.7. The Kier molecular flexibility index (Phi) is 8.46. The maximum Gasteiger partial charge on any atom is 0.0812 e. The molecule has 0 aliphatic heterocycles. The highest BCUT2D eigenvalue weighted by Gasteiger charge is 2.32. The summed E-state index contributed by atoms with van der Waals surface area (Å²) < 4.78 is 5.79. The van der Waals surface area contributed by atoms with Crippen molar-refractivity contribution >= 4 is 53.6 Å². The van der Waals surface area contributed by atoms with Gasteiger partial charge >= 0.3 is 0 Å².